The third-order valence-corrected chi connectivity index (χ3v) is 9.16. The van der Waals surface area contributed by atoms with Crippen LogP contribution in [-0.2, 0) is 32.6 Å². The molecular formula is C34H35ClFN3O4S. The van der Waals surface area contributed by atoms with Gasteiger partial charge in [0.25, 0.3) is 10.0 Å². The maximum absolute atomic E-state index is 15.0. The molecule has 0 bridgehead atoms. The fourth-order valence-corrected chi connectivity index (χ4v) is 6.24. The first-order valence-electron chi connectivity index (χ1n) is 14.3. The zero-order valence-electron chi connectivity index (χ0n) is 24.6. The lowest BCUT2D eigenvalue weighted by Gasteiger charge is -2.34. The Bertz CT molecular complexity index is 1670. The number of hydrogen-bond donors (Lipinski definition) is 1. The monoisotopic (exact) mass is 635 g/mol. The van der Waals surface area contributed by atoms with Gasteiger partial charge in [-0.2, -0.15) is 0 Å². The number of hydrogen-bond acceptors (Lipinski definition) is 4. The zero-order chi connectivity index (χ0) is 31.7. The van der Waals surface area contributed by atoms with Gasteiger partial charge in [0.05, 0.1) is 10.6 Å². The molecule has 4 rings (SSSR count). The first kappa shape index (κ1) is 32.7. The van der Waals surface area contributed by atoms with Gasteiger partial charge in [0.15, 0.2) is 0 Å². The molecule has 0 fully saturated rings. The summed E-state index contributed by atoms with van der Waals surface area (Å²) in [5.74, 6) is -1.62. The van der Waals surface area contributed by atoms with Crippen molar-refractivity contribution in [2.75, 3.05) is 17.4 Å². The van der Waals surface area contributed by atoms with Crippen molar-refractivity contribution in [3.8, 4) is 0 Å². The van der Waals surface area contributed by atoms with E-state index in [4.69, 9.17) is 11.6 Å². The molecule has 4 aromatic rings. The first-order chi connectivity index (χ1) is 21.1. The van der Waals surface area contributed by atoms with E-state index in [1.807, 2.05) is 44.2 Å². The van der Waals surface area contributed by atoms with E-state index in [1.165, 1.54) is 41.3 Å². The summed E-state index contributed by atoms with van der Waals surface area (Å²) < 4.78 is 44.0. The Morgan fingerprint density at radius 3 is 2.16 bits per heavy atom. The van der Waals surface area contributed by atoms with Crippen LogP contribution in [0.3, 0.4) is 0 Å². The Balaban J connectivity index is 1.80. The number of anilines is 1. The highest BCUT2D eigenvalue weighted by molar-refractivity contribution is 7.92. The van der Waals surface area contributed by atoms with Gasteiger partial charge in [0.1, 0.15) is 18.4 Å². The number of carbonyl (C=O) groups excluding carboxylic acids is 2. The van der Waals surface area contributed by atoms with Crippen molar-refractivity contribution in [3.05, 3.63) is 131 Å². The number of nitrogens with zero attached hydrogens (tertiary/aromatic N) is 2. The number of sulfonamides is 1. The smallest absolute Gasteiger partial charge is 0.264 e. The summed E-state index contributed by atoms with van der Waals surface area (Å²) in [6.07, 6.45) is 0.816. The summed E-state index contributed by atoms with van der Waals surface area (Å²) in [7, 11) is -4.26. The molecule has 4 aromatic carbocycles. The highest BCUT2D eigenvalue weighted by Crippen LogP contribution is 2.26. The predicted molar refractivity (Wildman–Crippen MR) is 171 cm³/mol. The molecule has 1 atom stereocenters. The number of aryl methyl sites for hydroxylation is 1. The van der Waals surface area contributed by atoms with Crippen molar-refractivity contribution in [3.63, 3.8) is 0 Å². The molecule has 7 nitrogen and oxygen atoms in total. The molecule has 0 aliphatic heterocycles. The van der Waals surface area contributed by atoms with Gasteiger partial charge in [0.2, 0.25) is 11.8 Å². The van der Waals surface area contributed by atoms with Gasteiger partial charge >= 0.3 is 0 Å². The lowest BCUT2D eigenvalue weighted by atomic mass is 10.0. The van der Waals surface area contributed by atoms with E-state index in [9.17, 15) is 22.4 Å². The molecule has 2 amide bonds. The van der Waals surface area contributed by atoms with Gasteiger partial charge in [-0.1, -0.05) is 84.8 Å². The third-order valence-electron chi connectivity index (χ3n) is 7.12. The molecule has 0 saturated heterocycles. The van der Waals surface area contributed by atoms with Gasteiger partial charge in [0, 0.05) is 30.1 Å². The van der Waals surface area contributed by atoms with Crippen LogP contribution in [0.25, 0.3) is 0 Å². The topological polar surface area (TPSA) is 86.8 Å². The first-order valence-corrected chi connectivity index (χ1v) is 16.1. The Kier molecular flexibility index (Phi) is 11.1. The van der Waals surface area contributed by atoms with Crippen molar-refractivity contribution >= 4 is 39.1 Å². The van der Waals surface area contributed by atoms with Gasteiger partial charge in [-0.15, -0.1) is 0 Å². The fourth-order valence-electron chi connectivity index (χ4n) is 4.70. The van der Waals surface area contributed by atoms with Crippen LogP contribution in [0.4, 0.5) is 10.1 Å². The third kappa shape index (κ3) is 8.24. The number of halogens is 2. The van der Waals surface area contributed by atoms with Crippen LogP contribution < -0.4 is 9.62 Å². The van der Waals surface area contributed by atoms with Gasteiger partial charge in [-0.25, -0.2) is 12.8 Å². The molecular weight excluding hydrogens is 601 g/mol. The molecule has 0 unspecified atom stereocenters. The molecule has 0 saturated carbocycles. The number of benzene rings is 4. The summed E-state index contributed by atoms with van der Waals surface area (Å²) >= 11 is 6.02. The summed E-state index contributed by atoms with van der Waals surface area (Å²) in [5.41, 5.74) is 2.16. The van der Waals surface area contributed by atoms with Crippen LogP contribution >= 0.6 is 11.6 Å². The van der Waals surface area contributed by atoms with Crippen LogP contribution in [0.15, 0.2) is 108 Å². The second kappa shape index (κ2) is 15.0. The molecule has 0 aliphatic rings. The molecule has 10 heteroatoms. The van der Waals surface area contributed by atoms with Gasteiger partial charge in [-0.3, -0.25) is 13.9 Å². The molecule has 0 aromatic heterocycles. The molecule has 1 N–H and O–H groups in total. The lowest BCUT2D eigenvalue weighted by Crippen LogP contribution is -2.53. The standard InChI is InChI=1S/C34H35ClFN3O4S/c1-3-21-37-34(41)32(22-26-9-5-4-6-10-26)38(23-27-11-7-8-12-31(27)36)33(40)24-39(29-17-13-25(2)14-18-29)44(42,43)30-19-15-28(35)16-20-30/h4-20,32H,3,21-24H2,1-2H3,(H,37,41)/t32-/m0/s1. The minimum absolute atomic E-state index is 0.0579. The van der Waals surface area contributed by atoms with E-state index in [2.05, 4.69) is 5.32 Å². The summed E-state index contributed by atoms with van der Waals surface area (Å²) in [4.78, 5) is 29.2. The Labute approximate surface area is 263 Å². The van der Waals surface area contributed by atoms with Crippen LogP contribution in [0.1, 0.15) is 30.0 Å². The SMILES string of the molecule is CCCNC(=O)[C@H](Cc1ccccc1)N(Cc1ccccc1F)C(=O)CN(c1ccc(C)cc1)S(=O)(=O)c1ccc(Cl)cc1. The van der Waals surface area contributed by atoms with Gasteiger partial charge < -0.3 is 10.2 Å². The highest BCUT2D eigenvalue weighted by atomic mass is 35.5. The molecule has 0 aliphatic carbocycles. The summed E-state index contributed by atoms with van der Waals surface area (Å²) in [5, 5.41) is 3.23. The van der Waals surface area contributed by atoms with E-state index in [1.54, 1.807) is 36.4 Å². The largest absolute Gasteiger partial charge is 0.354 e. The van der Waals surface area contributed by atoms with Crippen LogP contribution in [0.5, 0.6) is 0 Å². The van der Waals surface area contributed by atoms with Gasteiger partial charge in [-0.05, 0) is 61.4 Å². The highest BCUT2D eigenvalue weighted by Gasteiger charge is 2.35. The van der Waals surface area contributed by atoms with Crippen molar-refractivity contribution in [1.29, 1.82) is 0 Å². The number of nitrogens with one attached hydrogen (secondary N) is 1. The quantitative estimate of drug-likeness (QED) is 0.191. The molecule has 0 radical (unpaired) electrons. The number of amides is 2. The van der Waals surface area contributed by atoms with Crippen molar-refractivity contribution in [2.45, 2.75) is 44.2 Å². The van der Waals surface area contributed by atoms with E-state index in [0.29, 0.717) is 18.0 Å². The molecule has 0 heterocycles. The Morgan fingerprint density at radius 2 is 1.52 bits per heavy atom. The minimum atomic E-state index is -4.26. The lowest BCUT2D eigenvalue weighted by molar-refractivity contribution is -0.140. The Hall–Kier alpha value is -4.21. The van der Waals surface area contributed by atoms with E-state index >= 15 is 0 Å². The average Bonchev–Trinajstić information content (AvgIpc) is 3.02. The van der Waals surface area contributed by atoms with E-state index in [0.717, 1.165) is 15.4 Å². The normalized spacial score (nSPS) is 11.9. The molecule has 44 heavy (non-hydrogen) atoms. The summed E-state index contributed by atoms with van der Waals surface area (Å²) in [6.45, 7) is 3.29. The Morgan fingerprint density at radius 1 is 0.886 bits per heavy atom. The van der Waals surface area contributed by atoms with Crippen molar-refractivity contribution in [2.24, 2.45) is 0 Å². The van der Waals surface area contributed by atoms with E-state index in [-0.39, 0.29) is 29.1 Å². The molecule has 0 spiro atoms. The fraction of sp³-hybridized carbons (Fsp3) is 0.235. The predicted octanol–water partition coefficient (Wildman–Crippen LogP) is 6.15. The second-order valence-electron chi connectivity index (χ2n) is 10.4. The second-order valence-corrected chi connectivity index (χ2v) is 12.7. The minimum Gasteiger partial charge on any atom is -0.354 e. The van der Waals surface area contributed by atoms with E-state index < -0.39 is 40.2 Å². The van der Waals surface area contributed by atoms with Crippen LogP contribution in [0, 0.1) is 12.7 Å². The van der Waals surface area contributed by atoms with Crippen LogP contribution in [0.2, 0.25) is 5.02 Å². The maximum atomic E-state index is 15.0. The number of rotatable bonds is 13. The number of carbonyl (C=O) groups is 2. The average molecular weight is 636 g/mol. The summed E-state index contributed by atoms with van der Waals surface area (Å²) in [6, 6.07) is 26.6. The molecule has 230 valence electrons. The van der Waals surface area contributed by atoms with Crippen molar-refractivity contribution in [1.82, 2.24) is 10.2 Å². The van der Waals surface area contributed by atoms with Crippen LogP contribution in [-0.4, -0.2) is 44.3 Å². The van der Waals surface area contributed by atoms with Crippen molar-refractivity contribution < 1.29 is 22.4 Å². The zero-order valence-corrected chi connectivity index (χ0v) is 26.2. The maximum Gasteiger partial charge on any atom is 0.264 e.